The molecule has 0 aromatic heterocycles. The van der Waals surface area contributed by atoms with Crippen molar-refractivity contribution in [1.82, 2.24) is 10.2 Å². The van der Waals surface area contributed by atoms with E-state index in [1.807, 2.05) is 0 Å². The van der Waals surface area contributed by atoms with E-state index in [0.717, 1.165) is 32.1 Å². The average molecular weight is 282 g/mol. The predicted molar refractivity (Wildman–Crippen MR) is 76.6 cm³/mol. The maximum atomic E-state index is 12.4. The second-order valence-electron chi connectivity index (χ2n) is 6.94. The molecule has 2 rings (SSSR count). The Labute approximate surface area is 120 Å². The minimum absolute atomic E-state index is 0.0958. The number of likely N-dealkylation sites (tertiary alicyclic amines) is 1. The Morgan fingerprint density at radius 3 is 2.30 bits per heavy atom. The molecule has 2 fully saturated rings. The Bertz CT molecular complexity index is 391. The summed E-state index contributed by atoms with van der Waals surface area (Å²) in [5.74, 6) is -0.807. The third kappa shape index (κ3) is 3.25. The second-order valence-corrected chi connectivity index (χ2v) is 6.94. The molecule has 114 valence electrons. The molecule has 1 unspecified atom stereocenters. The van der Waals surface area contributed by atoms with Gasteiger partial charge < -0.3 is 15.3 Å². The summed E-state index contributed by atoms with van der Waals surface area (Å²) in [6, 6.07) is -0.0958. The van der Waals surface area contributed by atoms with Gasteiger partial charge in [0.2, 0.25) is 0 Å². The number of carboxylic acid groups (broad SMARTS) is 1. The van der Waals surface area contributed by atoms with E-state index in [1.165, 1.54) is 6.42 Å². The van der Waals surface area contributed by atoms with Gasteiger partial charge in [0.05, 0.1) is 5.41 Å². The van der Waals surface area contributed by atoms with Crippen LogP contribution in [0.15, 0.2) is 0 Å². The fourth-order valence-corrected chi connectivity index (χ4v) is 3.38. The third-order valence-corrected chi connectivity index (χ3v) is 4.87. The molecule has 0 aromatic carbocycles. The molecule has 2 N–H and O–H groups in total. The zero-order chi connectivity index (χ0) is 14.8. The zero-order valence-electron chi connectivity index (χ0n) is 12.6. The van der Waals surface area contributed by atoms with Crippen LogP contribution >= 0.6 is 0 Å². The van der Waals surface area contributed by atoms with Gasteiger partial charge in [0, 0.05) is 18.6 Å². The van der Waals surface area contributed by atoms with E-state index in [1.54, 1.807) is 11.8 Å². The number of carbonyl (C=O) groups is 2. The number of aliphatic carboxylic acids is 1. The van der Waals surface area contributed by atoms with Crippen molar-refractivity contribution >= 4 is 12.0 Å². The molecule has 1 saturated carbocycles. The molecule has 2 aliphatic rings. The normalized spacial score (nSPS) is 29.8. The first-order chi connectivity index (χ1) is 9.35. The molecule has 1 heterocycles. The molecule has 0 bridgehead atoms. The summed E-state index contributed by atoms with van der Waals surface area (Å²) in [6.45, 7) is 4.80. The van der Waals surface area contributed by atoms with Gasteiger partial charge in [-0.25, -0.2) is 4.79 Å². The van der Waals surface area contributed by atoms with Crippen LogP contribution < -0.4 is 5.32 Å². The summed E-state index contributed by atoms with van der Waals surface area (Å²) >= 11 is 0. The Morgan fingerprint density at radius 2 is 1.70 bits per heavy atom. The highest BCUT2D eigenvalue weighted by Gasteiger charge is 2.40. The average Bonchev–Trinajstić information content (AvgIpc) is 2.39. The van der Waals surface area contributed by atoms with E-state index in [4.69, 9.17) is 0 Å². The van der Waals surface area contributed by atoms with Crippen LogP contribution in [-0.4, -0.2) is 40.6 Å². The standard InChI is InChI=1S/C15H26N2O3/c1-14(12(18)19)7-6-10-17(11-14)13(20)16-15(2)8-4-3-5-9-15/h3-11H2,1-2H3,(H,16,20)(H,18,19). The first kappa shape index (κ1) is 15.1. The van der Waals surface area contributed by atoms with Gasteiger partial charge in [0.15, 0.2) is 0 Å². The van der Waals surface area contributed by atoms with Crippen molar-refractivity contribution in [3.8, 4) is 0 Å². The molecular weight excluding hydrogens is 256 g/mol. The second kappa shape index (κ2) is 5.62. The highest BCUT2D eigenvalue weighted by molar-refractivity contribution is 5.79. The summed E-state index contributed by atoms with van der Waals surface area (Å²) in [7, 11) is 0. The SMILES string of the molecule is CC1(NC(=O)N2CCCC(C)(C(=O)O)C2)CCCCC1. The number of nitrogens with zero attached hydrogens (tertiary/aromatic N) is 1. The van der Waals surface area contributed by atoms with E-state index in [0.29, 0.717) is 19.5 Å². The molecule has 1 atom stereocenters. The number of piperidine rings is 1. The maximum Gasteiger partial charge on any atom is 0.317 e. The summed E-state index contributed by atoms with van der Waals surface area (Å²) in [5.41, 5.74) is -0.921. The summed E-state index contributed by atoms with van der Waals surface area (Å²) in [5, 5.41) is 12.4. The molecule has 1 aliphatic carbocycles. The smallest absolute Gasteiger partial charge is 0.317 e. The number of hydrogen-bond donors (Lipinski definition) is 2. The van der Waals surface area contributed by atoms with Gasteiger partial charge in [-0.1, -0.05) is 19.3 Å². The van der Waals surface area contributed by atoms with Crippen LogP contribution in [0, 0.1) is 5.41 Å². The zero-order valence-corrected chi connectivity index (χ0v) is 12.6. The minimum Gasteiger partial charge on any atom is -0.481 e. The minimum atomic E-state index is -0.807. The Balaban J connectivity index is 1.96. The van der Waals surface area contributed by atoms with E-state index in [2.05, 4.69) is 12.2 Å². The fourth-order valence-electron chi connectivity index (χ4n) is 3.38. The van der Waals surface area contributed by atoms with Gasteiger partial charge in [0.25, 0.3) is 0 Å². The number of urea groups is 1. The predicted octanol–water partition coefficient (Wildman–Crippen LogP) is 2.61. The summed E-state index contributed by atoms with van der Waals surface area (Å²) < 4.78 is 0. The lowest BCUT2D eigenvalue weighted by molar-refractivity contribution is -0.150. The van der Waals surface area contributed by atoms with Crippen LogP contribution in [0.3, 0.4) is 0 Å². The van der Waals surface area contributed by atoms with Crippen molar-refractivity contribution in [3.63, 3.8) is 0 Å². The number of hydrogen-bond acceptors (Lipinski definition) is 2. The van der Waals surface area contributed by atoms with Crippen molar-refractivity contribution in [1.29, 1.82) is 0 Å². The van der Waals surface area contributed by atoms with Crippen molar-refractivity contribution in [2.75, 3.05) is 13.1 Å². The van der Waals surface area contributed by atoms with Gasteiger partial charge in [-0.15, -0.1) is 0 Å². The largest absolute Gasteiger partial charge is 0.481 e. The van der Waals surface area contributed by atoms with Crippen LogP contribution in [0.25, 0.3) is 0 Å². The fraction of sp³-hybridized carbons (Fsp3) is 0.867. The molecule has 2 amide bonds. The lowest BCUT2D eigenvalue weighted by Gasteiger charge is -2.41. The molecule has 5 nitrogen and oxygen atoms in total. The number of nitrogens with one attached hydrogen (secondary N) is 1. The lowest BCUT2D eigenvalue weighted by Crippen LogP contribution is -2.56. The van der Waals surface area contributed by atoms with Crippen LogP contribution in [0.2, 0.25) is 0 Å². The molecule has 0 spiro atoms. The highest BCUT2D eigenvalue weighted by Crippen LogP contribution is 2.31. The van der Waals surface area contributed by atoms with E-state index >= 15 is 0 Å². The highest BCUT2D eigenvalue weighted by atomic mass is 16.4. The van der Waals surface area contributed by atoms with E-state index in [-0.39, 0.29) is 11.6 Å². The van der Waals surface area contributed by atoms with Gasteiger partial charge >= 0.3 is 12.0 Å². The monoisotopic (exact) mass is 282 g/mol. The van der Waals surface area contributed by atoms with Crippen LogP contribution in [0.4, 0.5) is 4.79 Å². The molecular formula is C15H26N2O3. The summed E-state index contributed by atoms with van der Waals surface area (Å²) in [4.78, 5) is 25.4. The van der Waals surface area contributed by atoms with Gasteiger partial charge in [-0.3, -0.25) is 4.79 Å². The molecule has 1 aliphatic heterocycles. The van der Waals surface area contributed by atoms with E-state index in [9.17, 15) is 14.7 Å². The Hall–Kier alpha value is -1.26. The third-order valence-electron chi connectivity index (χ3n) is 4.87. The Kier molecular flexibility index (Phi) is 4.25. The van der Waals surface area contributed by atoms with Crippen molar-refractivity contribution in [2.24, 2.45) is 5.41 Å². The molecule has 0 aromatic rings. The number of amides is 2. The first-order valence-electron chi connectivity index (χ1n) is 7.65. The van der Waals surface area contributed by atoms with Crippen LogP contribution in [0.1, 0.15) is 58.8 Å². The van der Waals surface area contributed by atoms with Gasteiger partial charge in [-0.05, 0) is 39.5 Å². The van der Waals surface area contributed by atoms with Crippen molar-refractivity contribution < 1.29 is 14.7 Å². The summed E-state index contributed by atoms with van der Waals surface area (Å²) in [6.07, 6.45) is 6.99. The van der Waals surface area contributed by atoms with Crippen LogP contribution in [0.5, 0.6) is 0 Å². The van der Waals surface area contributed by atoms with Crippen molar-refractivity contribution in [3.05, 3.63) is 0 Å². The topological polar surface area (TPSA) is 69.6 Å². The number of rotatable bonds is 2. The molecule has 0 radical (unpaired) electrons. The molecule has 1 saturated heterocycles. The molecule has 20 heavy (non-hydrogen) atoms. The first-order valence-corrected chi connectivity index (χ1v) is 7.65. The van der Waals surface area contributed by atoms with Crippen LogP contribution in [-0.2, 0) is 4.79 Å². The quantitative estimate of drug-likeness (QED) is 0.818. The van der Waals surface area contributed by atoms with E-state index < -0.39 is 11.4 Å². The maximum absolute atomic E-state index is 12.4. The number of carboxylic acids is 1. The van der Waals surface area contributed by atoms with Gasteiger partial charge in [0.1, 0.15) is 0 Å². The lowest BCUT2D eigenvalue weighted by atomic mass is 9.81. The van der Waals surface area contributed by atoms with Crippen molar-refractivity contribution in [2.45, 2.75) is 64.3 Å². The number of carbonyl (C=O) groups excluding carboxylic acids is 1. The molecule has 5 heteroatoms. The Morgan fingerprint density at radius 1 is 1.05 bits per heavy atom. The van der Waals surface area contributed by atoms with Gasteiger partial charge in [-0.2, -0.15) is 0 Å².